The molecule has 0 bridgehead atoms. The minimum absolute atomic E-state index is 0.669. The molecule has 0 unspecified atom stereocenters. The maximum atomic E-state index is 5.38. The van der Waals surface area contributed by atoms with Gasteiger partial charge in [-0.1, -0.05) is 0 Å². The van der Waals surface area contributed by atoms with Crippen LogP contribution in [0.25, 0.3) is 0 Å². The fourth-order valence-electron chi connectivity index (χ4n) is 1.30. The van der Waals surface area contributed by atoms with Crippen molar-refractivity contribution in [2.24, 2.45) is 4.99 Å². The van der Waals surface area contributed by atoms with Gasteiger partial charge < -0.3 is 0 Å². The van der Waals surface area contributed by atoms with Crippen LogP contribution in [-0.4, -0.2) is 36.3 Å². The summed E-state index contributed by atoms with van der Waals surface area (Å²) in [6.45, 7) is 0. The van der Waals surface area contributed by atoms with E-state index in [0.717, 1.165) is 29.0 Å². The van der Waals surface area contributed by atoms with E-state index in [1.807, 2.05) is 0 Å². The second kappa shape index (κ2) is 5.05. The van der Waals surface area contributed by atoms with Gasteiger partial charge in [0.25, 0.3) is 0 Å². The van der Waals surface area contributed by atoms with Gasteiger partial charge in [-0.25, -0.2) is 0 Å². The van der Waals surface area contributed by atoms with Gasteiger partial charge >= 0.3 is 139 Å². The van der Waals surface area contributed by atoms with Crippen LogP contribution in [0.5, 0.6) is 0 Å². The maximum absolute atomic E-state index is 5.38. The van der Waals surface area contributed by atoms with Gasteiger partial charge in [0.2, 0.25) is 0 Å². The number of thiocarbonyl (C=S) groups is 1. The van der Waals surface area contributed by atoms with Gasteiger partial charge in [0.1, 0.15) is 0 Å². The number of fused-ring (bicyclic) bond motifs is 1. The third kappa shape index (κ3) is 2.30. The molecular formula is C10H2I2NSTl. The number of rotatable bonds is 0. The van der Waals surface area contributed by atoms with Gasteiger partial charge in [0.15, 0.2) is 0 Å². The summed E-state index contributed by atoms with van der Waals surface area (Å²) in [4.78, 5) is 5.31. The summed E-state index contributed by atoms with van der Waals surface area (Å²) >= 11 is 10.6. The standard InChI is InChI=1S/C10H2I2NS.Tl/c1-2-7-10(14)8-5(11)3-4-6(12)9(8)13-7;/h3-4H;. The third-order valence-corrected chi connectivity index (χ3v) is 4.66. The van der Waals surface area contributed by atoms with E-state index in [4.69, 9.17) is 12.2 Å². The van der Waals surface area contributed by atoms with Crippen LogP contribution in [0.1, 0.15) is 5.56 Å². The molecule has 0 spiro atoms. The van der Waals surface area contributed by atoms with E-state index < -0.39 is 0 Å². The average Bonchev–Trinajstić information content (AvgIpc) is 2.53. The Bertz CT molecular complexity index is 555. The molecule has 1 aliphatic rings. The van der Waals surface area contributed by atoms with E-state index in [1.54, 1.807) is 0 Å². The average molecular weight is 626 g/mol. The molecule has 1 aromatic carbocycles. The van der Waals surface area contributed by atoms with Crippen LogP contribution in [0, 0.1) is 16.5 Å². The van der Waals surface area contributed by atoms with Gasteiger partial charge in [-0.3, -0.25) is 0 Å². The first-order valence-corrected chi connectivity index (χ1v) is 8.79. The molecule has 1 aliphatic heterocycles. The summed E-state index contributed by atoms with van der Waals surface area (Å²) < 4.78 is 5.30. The van der Waals surface area contributed by atoms with Crippen molar-refractivity contribution >= 4 is 99.4 Å². The Kier molecular flexibility index (Phi) is 4.17. The first-order valence-electron chi connectivity index (χ1n) is 3.98. The number of benzene rings is 1. The number of aliphatic imine (C=N–C) groups is 1. The van der Waals surface area contributed by atoms with Crippen LogP contribution < -0.4 is 0 Å². The molecule has 1 heterocycles. The van der Waals surface area contributed by atoms with Crippen LogP contribution in [0.4, 0.5) is 5.69 Å². The van der Waals surface area contributed by atoms with Crippen molar-refractivity contribution in [1.82, 2.24) is 0 Å². The van der Waals surface area contributed by atoms with E-state index in [1.165, 1.54) is 0 Å². The molecule has 5 heteroatoms. The van der Waals surface area contributed by atoms with Crippen molar-refractivity contribution in [1.29, 1.82) is 0 Å². The summed E-state index contributed by atoms with van der Waals surface area (Å²) in [6, 6.07) is 4.13. The van der Waals surface area contributed by atoms with Gasteiger partial charge in [0.05, 0.1) is 0 Å². The first kappa shape index (κ1) is 12.4. The Morgan fingerprint density at radius 3 is 2.53 bits per heavy atom. The van der Waals surface area contributed by atoms with Gasteiger partial charge in [-0.05, 0) is 0 Å². The fraction of sp³-hybridized carbons (Fsp3) is 0. The molecule has 1 aromatic rings. The van der Waals surface area contributed by atoms with Crippen molar-refractivity contribution < 1.29 is 0 Å². The molecule has 0 atom stereocenters. The Hall–Kier alpha value is 0.922. The molecule has 0 N–H and O–H groups in total. The van der Waals surface area contributed by atoms with E-state index >= 15 is 0 Å². The predicted molar refractivity (Wildman–Crippen MR) is 84.2 cm³/mol. The van der Waals surface area contributed by atoms with Crippen LogP contribution >= 0.6 is 57.4 Å². The number of hydrogen-bond donors (Lipinski definition) is 0. The molecule has 0 aliphatic carbocycles. The molecule has 2 rings (SSSR count). The Balaban J connectivity index is 2.68. The van der Waals surface area contributed by atoms with Crippen LogP contribution in [0.15, 0.2) is 17.1 Å². The van der Waals surface area contributed by atoms with Crippen LogP contribution in [0.2, 0.25) is 0 Å². The minimum atomic E-state index is 0.669. The topological polar surface area (TPSA) is 12.4 Å². The summed E-state index contributed by atoms with van der Waals surface area (Å²) in [5.74, 6) is 3.02. The first-order chi connectivity index (χ1) is 7.15. The Morgan fingerprint density at radius 1 is 1.27 bits per heavy atom. The summed E-state index contributed by atoms with van der Waals surface area (Å²) in [5, 5.41) is 0. The zero-order valence-electron chi connectivity index (χ0n) is 7.34. The number of hydrogen-bond acceptors (Lipinski definition) is 2. The monoisotopic (exact) mass is 627 g/mol. The molecule has 0 fully saturated rings. The van der Waals surface area contributed by atoms with Crippen LogP contribution in [0.3, 0.4) is 0 Å². The molecule has 0 amide bonds. The molecule has 0 saturated carbocycles. The zero-order chi connectivity index (χ0) is 11.0. The predicted octanol–water partition coefficient (Wildman–Crippen LogP) is 2.83. The molecule has 0 saturated heterocycles. The number of halogens is 2. The molecule has 0 aromatic heterocycles. The normalized spacial score (nSPS) is 12.9. The Labute approximate surface area is 136 Å². The summed E-state index contributed by atoms with van der Waals surface area (Å²) in [7, 11) is 0. The van der Waals surface area contributed by atoms with E-state index in [9.17, 15) is 0 Å². The van der Waals surface area contributed by atoms with Gasteiger partial charge in [-0.15, -0.1) is 0 Å². The van der Waals surface area contributed by atoms with Crippen molar-refractivity contribution in [3.63, 3.8) is 0 Å². The molecular weight excluding hydrogens is 624 g/mol. The summed E-state index contributed by atoms with van der Waals surface area (Å²) in [6.07, 6.45) is 0. The zero-order valence-corrected chi connectivity index (χ0v) is 17.0. The van der Waals surface area contributed by atoms with Gasteiger partial charge in [-0.2, -0.15) is 0 Å². The van der Waals surface area contributed by atoms with Crippen molar-refractivity contribution in [2.45, 2.75) is 0 Å². The second-order valence-corrected chi connectivity index (χ2v) is 6.67. The SMILES string of the molecule is S=C1C(C#[C][Tl])=Nc2c(I)ccc(I)c21. The molecule has 1 nitrogen and oxygen atoms in total. The fourth-order valence-corrected chi connectivity index (χ4v) is 3.59. The van der Waals surface area contributed by atoms with E-state index in [0.29, 0.717) is 25.8 Å². The number of nitrogens with zero attached hydrogens (tertiary/aromatic N) is 1. The molecule has 15 heavy (non-hydrogen) atoms. The molecule has 0 radical (unpaired) electrons. The van der Waals surface area contributed by atoms with Crippen molar-refractivity contribution in [3.05, 3.63) is 24.8 Å². The van der Waals surface area contributed by atoms with Crippen molar-refractivity contribution in [3.8, 4) is 9.40 Å². The Morgan fingerprint density at radius 2 is 1.93 bits per heavy atom. The van der Waals surface area contributed by atoms with E-state index in [-0.39, 0.29) is 0 Å². The molecule has 70 valence electrons. The van der Waals surface area contributed by atoms with Crippen LogP contribution in [-0.2, 0) is 0 Å². The third-order valence-electron chi connectivity index (χ3n) is 1.93. The quantitative estimate of drug-likeness (QED) is 0.187. The van der Waals surface area contributed by atoms with Gasteiger partial charge in [0, 0.05) is 0 Å². The second-order valence-electron chi connectivity index (χ2n) is 2.81. The van der Waals surface area contributed by atoms with Crippen molar-refractivity contribution in [2.75, 3.05) is 0 Å². The van der Waals surface area contributed by atoms with E-state index in [2.05, 4.69) is 71.7 Å². The summed E-state index contributed by atoms with van der Waals surface area (Å²) in [5.41, 5.74) is 2.85.